The van der Waals surface area contributed by atoms with Crippen LogP contribution in [0.4, 0.5) is 0 Å². The quantitative estimate of drug-likeness (QED) is 0.232. The normalized spacial score (nSPS) is 12.1. The molecule has 0 saturated carbocycles. The summed E-state index contributed by atoms with van der Waals surface area (Å²) < 4.78 is 9.33. The number of nitrogens with zero attached hydrogens (tertiary/aromatic N) is 2. The molecule has 1 aromatic rings. The van der Waals surface area contributed by atoms with Crippen molar-refractivity contribution in [1.82, 2.24) is 9.88 Å². The first kappa shape index (κ1) is 21.4. The zero-order valence-corrected chi connectivity index (χ0v) is 15.7. The number of unbranched alkanes of at least 4 members (excludes halogenated alkanes) is 3. The fraction of sp³-hybridized carbons (Fsp3) is 0.684. The Morgan fingerprint density at radius 1 is 1.36 bits per heavy atom. The van der Waals surface area contributed by atoms with Gasteiger partial charge in [0.05, 0.1) is 13.1 Å². The van der Waals surface area contributed by atoms with E-state index in [-0.39, 0.29) is 6.61 Å². The van der Waals surface area contributed by atoms with Crippen molar-refractivity contribution >= 4 is 5.97 Å². The second-order valence-electron chi connectivity index (χ2n) is 6.54. The Kier molecular flexibility index (Phi) is 10.8. The third kappa shape index (κ3) is 10.0. The molecule has 0 spiro atoms. The number of esters is 1. The number of hydrogen-bond acceptors (Lipinski definition) is 4. The zero-order chi connectivity index (χ0) is 18.5. The van der Waals surface area contributed by atoms with Gasteiger partial charge in [0, 0.05) is 12.1 Å². The summed E-state index contributed by atoms with van der Waals surface area (Å²) in [5.74, 6) is -0.463. The lowest BCUT2D eigenvalue weighted by Gasteiger charge is -2.12. The Bertz CT molecular complexity index is 514. The molecule has 25 heavy (non-hydrogen) atoms. The highest BCUT2D eigenvalue weighted by Gasteiger charge is 2.09. The number of aromatic nitrogens is 2. The summed E-state index contributed by atoms with van der Waals surface area (Å²) in [4.78, 5) is 11.2. The Balaban J connectivity index is 2.06. The number of aliphatic hydroxyl groups is 1. The van der Waals surface area contributed by atoms with Crippen LogP contribution < -0.4 is 9.88 Å². The topological polar surface area (TPSA) is 67.4 Å². The number of imidazole rings is 1. The van der Waals surface area contributed by atoms with Crippen molar-refractivity contribution in [3.63, 3.8) is 0 Å². The second-order valence-corrected chi connectivity index (χ2v) is 6.54. The maximum absolute atomic E-state index is 11.2. The highest BCUT2D eigenvalue weighted by atomic mass is 16.5. The molecule has 0 aliphatic heterocycles. The molecule has 6 nitrogen and oxygen atoms in total. The van der Waals surface area contributed by atoms with Gasteiger partial charge in [0.1, 0.15) is 25.1 Å². The average Bonchev–Trinajstić information content (AvgIpc) is 3.04. The van der Waals surface area contributed by atoms with Gasteiger partial charge in [-0.1, -0.05) is 26.3 Å². The first-order chi connectivity index (χ1) is 12.0. The van der Waals surface area contributed by atoms with Crippen LogP contribution in [0.3, 0.4) is 0 Å². The summed E-state index contributed by atoms with van der Waals surface area (Å²) in [7, 11) is 0. The van der Waals surface area contributed by atoms with Crippen molar-refractivity contribution in [3.05, 3.63) is 30.9 Å². The Labute approximate surface area is 151 Å². The average molecular weight is 352 g/mol. The molecule has 0 radical (unpaired) electrons. The molecule has 0 aliphatic carbocycles. The number of nitrogens with one attached hydrogen (secondary N) is 1. The van der Waals surface area contributed by atoms with Crippen molar-refractivity contribution < 1.29 is 19.2 Å². The smallest absolute Gasteiger partial charge is 0.333 e. The van der Waals surface area contributed by atoms with E-state index in [4.69, 9.17) is 4.74 Å². The Morgan fingerprint density at radius 3 is 2.88 bits per heavy atom. The Hall–Kier alpha value is -1.66. The standard InChI is InChI=1S/C19H34N3O3/c1-4-5-6-7-10-21-12-13-22(16-21)11-8-9-20-14-18(23)15-25-19(24)17(2)3/h12-13,16,18,20,23H,2,4-11,14-15H2,1,3H3/q+1. The molecule has 0 aliphatic rings. The molecular formula is C19H34N3O3+. The summed E-state index contributed by atoms with van der Waals surface area (Å²) in [5.41, 5.74) is 0.342. The van der Waals surface area contributed by atoms with Gasteiger partial charge in [-0.3, -0.25) is 0 Å². The molecule has 0 bridgehead atoms. The number of rotatable bonds is 14. The number of carbonyl (C=O) groups is 1. The van der Waals surface area contributed by atoms with Crippen LogP contribution in [-0.2, 0) is 22.6 Å². The fourth-order valence-corrected chi connectivity index (χ4v) is 2.43. The Morgan fingerprint density at radius 2 is 2.16 bits per heavy atom. The molecule has 0 fully saturated rings. The first-order valence-corrected chi connectivity index (χ1v) is 9.29. The molecule has 1 unspecified atom stereocenters. The number of ether oxygens (including phenoxy) is 1. The zero-order valence-electron chi connectivity index (χ0n) is 15.7. The van der Waals surface area contributed by atoms with Crippen LogP contribution in [-0.4, -0.2) is 41.4 Å². The third-order valence-electron chi connectivity index (χ3n) is 3.92. The van der Waals surface area contributed by atoms with Crippen LogP contribution in [0, 0.1) is 0 Å². The van der Waals surface area contributed by atoms with Gasteiger partial charge in [-0.25, -0.2) is 13.9 Å². The van der Waals surface area contributed by atoms with E-state index in [9.17, 15) is 9.90 Å². The van der Waals surface area contributed by atoms with Crippen LogP contribution in [0.5, 0.6) is 0 Å². The molecular weight excluding hydrogens is 318 g/mol. The number of aryl methyl sites for hydroxylation is 2. The molecule has 1 heterocycles. The van der Waals surface area contributed by atoms with Crippen molar-refractivity contribution in [2.75, 3.05) is 19.7 Å². The van der Waals surface area contributed by atoms with Gasteiger partial charge in [-0.15, -0.1) is 0 Å². The maximum atomic E-state index is 11.2. The maximum Gasteiger partial charge on any atom is 0.333 e. The van der Waals surface area contributed by atoms with Gasteiger partial charge in [0.25, 0.3) is 0 Å². The minimum Gasteiger partial charge on any atom is -0.460 e. The predicted molar refractivity (Wildman–Crippen MR) is 98.0 cm³/mol. The van der Waals surface area contributed by atoms with E-state index < -0.39 is 12.1 Å². The number of hydrogen-bond donors (Lipinski definition) is 2. The molecule has 0 amide bonds. The van der Waals surface area contributed by atoms with Gasteiger partial charge in [0.2, 0.25) is 6.33 Å². The lowest BCUT2D eigenvalue weighted by molar-refractivity contribution is -0.696. The largest absolute Gasteiger partial charge is 0.460 e. The SMILES string of the molecule is C=C(C)C(=O)OCC(O)CNCCCn1cc[n+](CCCCCC)c1. The fourth-order valence-electron chi connectivity index (χ4n) is 2.43. The molecule has 2 N–H and O–H groups in total. The summed E-state index contributed by atoms with van der Waals surface area (Å²) >= 11 is 0. The molecule has 0 saturated heterocycles. The van der Waals surface area contributed by atoms with E-state index >= 15 is 0 Å². The van der Waals surface area contributed by atoms with Crippen LogP contribution in [0.2, 0.25) is 0 Å². The van der Waals surface area contributed by atoms with Gasteiger partial charge < -0.3 is 15.2 Å². The summed E-state index contributed by atoms with van der Waals surface area (Å²) in [6.45, 7) is 10.5. The van der Waals surface area contributed by atoms with Crippen LogP contribution >= 0.6 is 0 Å². The lowest BCUT2D eigenvalue weighted by Crippen LogP contribution is -2.32. The van der Waals surface area contributed by atoms with Gasteiger partial charge in [-0.05, 0) is 32.7 Å². The van der Waals surface area contributed by atoms with Crippen LogP contribution in [0.15, 0.2) is 30.9 Å². The van der Waals surface area contributed by atoms with Gasteiger partial charge in [-0.2, -0.15) is 0 Å². The van der Waals surface area contributed by atoms with Crippen LogP contribution in [0.25, 0.3) is 0 Å². The molecule has 1 rings (SSSR count). The molecule has 0 aromatic carbocycles. The van der Waals surface area contributed by atoms with E-state index in [2.05, 4.69) is 46.7 Å². The molecule has 1 aromatic heterocycles. The van der Waals surface area contributed by atoms with E-state index in [0.717, 1.165) is 26.1 Å². The van der Waals surface area contributed by atoms with Crippen molar-refractivity contribution in [3.8, 4) is 0 Å². The summed E-state index contributed by atoms with van der Waals surface area (Å²) in [6.07, 6.45) is 11.8. The monoisotopic (exact) mass is 352 g/mol. The predicted octanol–water partition coefficient (Wildman–Crippen LogP) is 1.82. The van der Waals surface area contributed by atoms with Crippen LogP contribution in [0.1, 0.15) is 46.0 Å². The summed E-state index contributed by atoms with van der Waals surface area (Å²) in [5, 5.41) is 12.9. The summed E-state index contributed by atoms with van der Waals surface area (Å²) in [6, 6.07) is 0. The van der Waals surface area contributed by atoms with E-state index in [1.54, 1.807) is 6.92 Å². The van der Waals surface area contributed by atoms with E-state index in [1.165, 1.54) is 25.7 Å². The minimum atomic E-state index is -0.694. The minimum absolute atomic E-state index is 0.00563. The van der Waals surface area contributed by atoms with Gasteiger partial charge in [0.15, 0.2) is 0 Å². The molecule has 1 atom stereocenters. The van der Waals surface area contributed by atoms with E-state index in [0.29, 0.717) is 12.1 Å². The van der Waals surface area contributed by atoms with Crippen molar-refractivity contribution in [2.45, 2.75) is 65.1 Å². The lowest BCUT2D eigenvalue weighted by atomic mass is 10.2. The third-order valence-corrected chi connectivity index (χ3v) is 3.92. The van der Waals surface area contributed by atoms with Crippen molar-refractivity contribution in [2.24, 2.45) is 0 Å². The van der Waals surface area contributed by atoms with Crippen molar-refractivity contribution in [1.29, 1.82) is 0 Å². The highest BCUT2D eigenvalue weighted by molar-refractivity contribution is 5.86. The molecule has 6 heteroatoms. The number of carbonyl (C=O) groups excluding carboxylic acids is 1. The van der Waals surface area contributed by atoms with Gasteiger partial charge >= 0.3 is 5.97 Å². The number of aliphatic hydroxyl groups excluding tert-OH is 1. The highest BCUT2D eigenvalue weighted by Crippen LogP contribution is 1.98. The molecule has 142 valence electrons. The second kappa shape index (κ2) is 12.7. The first-order valence-electron chi connectivity index (χ1n) is 9.29. The van der Waals surface area contributed by atoms with E-state index in [1.807, 2.05) is 0 Å².